The van der Waals surface area contributed by atoms with Gasteiger partial charge in [-0.1, -0.05) is 23.8 Å². The second kappa shape index (κ2) is 7.67. The van der Waals surface area contributed by atoms with Crippen molar-refractivity contribution < 1.29 is 9.34 Å². The van der Waals surface area contributed by atoms with Crippen LogP contribution in [0.3, 0.4) is 0 Å². The molecule has 1 atom stereocenters. The molecular formula is C20H22N4O3. The minimum absolute atomic E-state index is 0.0278. The first kappa shape index (κ1) is 18.7. The molecule has 0 aliphatic heterocycles. The van der Waals surface area contributed by atoms with Crippen LogP contribution in [0.5, 0.6) is 0 Å². The summed E-state index contributed by atoms with van der Waals surface area (Å²) in [6.07, 6.45) is 0. The third kappa shape index (κ3) is 4.20. The number of benzene rings is 2. The average Bonchev–Trinajstić information content (AvgIpc) is 3.13. The molecule has 3 rings (SSSR count). The van der Waals surface area contributed by atoms with Gasteiger partial charge in [0.2, 0.25) is 11.8 Å². The van der Waals surface area contributed by atoms with Crippen molar-refractivity contribution in [2.45, 2.75) is 33.4 Å². The van der Waals surface area contributed by atoms with Gasteiger partial charge < -0.3 is 4.42 Å². The Labute approximate surface area is 157 Å². The molecular weight excluding hydrogens is 344 g/mol. The maximum Gasteiger partial charge on any atom is 0.269 e. The van der Waals surface area contributed by atoms with E-state index >= 15 is 0 Å². The van der Waals surface area contributed by atoms with E-state index in [1.165, 1.54) is 28.8 Å². The molecule has 0 amide bonds. The van der Waals surface area contributed by atoms with E-state index in [1.54, 1.807) is 12.1 Å². The molecule has 3 aromatic rings. The van der Waals surface area contributed by atoms with E-state index < -0.39 is 4.92 Å². The Kier molecular flexibility index (Phi) is 5.32. The molecule has 0 aliphatic carbocycles. The number of nitro groups is 1. The molecule has 0 fully saturated rings. The monoisotopic (exact) mass is 366 g/mol. The third-order valence-electron chi connectivity index (χ3n) is 4.70. The molecule has 2 aromatic carbocycles. The van der Waals surface area contributed by atoms with Gasteiger partial charge >= 0.3 is 0 Å². The van der Waals surface area contributed by atoms with E-state index in [1.807, 2.05) is 14.0 Å². The van der Waals surface area contributed by atoms with Crippen molar-refractivity contribution in [1.82, 2.24) is 15.1 Å². The summed E-state index contributed by atoms with van der Waals surface area (Å²) in [5.74, 6) is 0.863. The maximum atomic E-state index is 10.8. The zero-order chi connectivity index (χ0) is 19.6. The van der Waals surface area contributed by atoms with Gasteiger partial charge in [-0.25, -0.2) is 0 Å². The predicted octanol–water partition coefficient (Wildman–Crippen LogP) is 4.45. The first-order chi connectivity index (χ1) is 12.8. The molecule has 27 heavy (non-hydrogen) atoms. The highest BCUT2D eigenvalue weighted by Gasteiger charge is 2.20. The lowest BCUT2D eigenvalue weighted by molar-refractivity contribution is -0.384. The Morgan fingerprint density at radius 1 is 1.15 bits per heavy atom. The largest absolute Gasteiger partial charge is 0.419 e. The van der Waals surface area contributed by atoms with E-state index in [4.69, 9.17) is 4.42 Å². The van der Waals surface area contributed by atoms with E-state index in [0.717, 1.165) is 6.54 Å². The average molecular weight is 366 g/mol. The molecule has 0 bridgehead atoms. The van der Waals surface area contributed by atoms with E-state index in [9.17, 15) is 10.1 Å². The number of hydrogen-bond donors (Lipinski definition) is 0. The predicted molar refractivity (Wildman–Crippen MR) is 102 cm³/mol. The minimum Gasteiger partial charge on any atom is -0.419 e. The summed E-state index contributed by atoms with van der Waals surface area (Å²) < 4.78 is 5.81. The Bertz CT molecular complexity index is 950. The van der Waals surface area contributed by atoms with Gasteiger partial charge in [-0.15, -0.1) is 10.2 Å². The lowest BCUT2D eigenvalue weighted by Crippen LogP contribution is -2.22. The van der Waals surface area contributed by atoms with Crippen LogP contribution in [-0.2, 0) is 6.54 Å². The summed E-state index contributed by atoms with van der Waals surface area (Å²) in [6.45, 7) is 6.97. The second-order valence-corrected chi connectivity index (χ2v) is 6.77. The fourth-order valence-electron chi connectivity index (χ4n) is 2.86. The topological polar surface area (TPSA) is 85.3 Å². The molecule has 0 radical (unpaired) electrons. The van der Waals surface area contributed by atoms with Crippen LogP contribution >= 0.6 is 0 Å². The summed E-state index contributed by atoms with van der Waals surface area (Å²) in [7, 11) is 2.01. The van der Waals surface area contributed by atoms with Gasteiger partial charge in [0.05, 0.1) is 11.0 Å². The van der Waals surface area contributed by atoms with Crippen molar-refractivity contribution in [3.63, 3.8) is 0 Å². The highest BCUT2D eigenvalue weighted by atomic mass is 16.6. The molecule has 0 spiro atoms. The zero-order valence-corrected chi connectivity index (χ0v) is 15.8. The molecule has 1 aromatic heterocycles. The summed E-state index contributed by atoms with van der Waals surface area (Å²) in [5, 5.41) is 19.0. The van der Waals surface area contributed by atoms with Crippen LogP contribution in [0.2, 0.25) is 0 Å². The standard InChI is InChI=1S/C20H22N4O3/c1-13-5-6-17(14(2)11-13)12-23(4)15(3)19-21-22-20(27-19)16-7-9-18(10-8-16)24(25)26/h5-11,15H,12H2,1-4H3/t15-/m1/s1. The summed E-state index contributed by atoms with van der Waals surface area (Å²) >= 11 is 0. The SMILES string of the molecule is Cc1ccc(CN(C)[C@H](C)c2nnc(-c3ccc([N+](=O)[O-])cc3)o2)c(C)c1. The Hall–Kier alpha value is -3.06. The van der Waals surface area contributed by atoms with Crippen molar-refractivity contribution in [3.8, 4) is 11.5 Å². The van der Waals surface area contributed by atoms with Gasteiger partial charge in [-0.05, 0) is 51.1 Å². The molecule has 0 N–H and O–H groups in total. The van der Waals surface area contributed by atoms with Gasteiger partial charge in [0.15, 0.2) is 0 Å². The highest BCUT2D eigenvalue weighted by molar-refractivity contribution is 5.55. The Balaban J connectivity index is 1.73. The van der Waals surface area contributed by atoms with Gasteiger partial charge in [-0.3, -0.25) is 15.0 Å². The number of nitrogens with zero attached hydrogens (tertiary/aromatic N) is 4. The van der Waals surface area contributed by atoms with Crippen LogP contribution in [-0.4, -0.2) is 27.1 Å². The Morgan fingerprint density at radius 3 is 2.48 bits per heavy atom. The highest BCUT2D eigenvalue weighted by Crippen LogP contribution is 2.26. The molecule has 0 saturated carbocycles. The number of nitro benzene ring substituents is 1. The lowest BCUT2D eigenvalue weighted by Gasteiger charge is -2.22. The second-order valence-electron chi connectivity index (χ2n) is 6.77. The van der Waals surface area contributed by atoms with Crippen LogP contribution in [0.15, 0.2) is 46.9 Å². The maximum absolute atomic E-state index is 10.8. The van der Waals surface area contributed by atoms with Gasteiger partial charge in [0.25, 0.3) is 5.69 Å². The number of hydrogen-bond acceptors (Lipinski definition) is 6. The lowest BCUT2D eigenvalue weighted by atomic mass is 10.1. The molecule has 7 heteroatoms. The van der Waals surface area contributed by atoms with E-state index in [-0.39, 0.29) is 11.7 Å². The van der Waals surface area contributed by atoms with Crippen molar-refractivity contribution in [2.75, 3.05) is 7.05 Å². The number of aryl methyl sites for hydroxylation is 2. The van der Waals surface area contributed by atoms with Crippen LogP contribution in [0.25, 0.3) is 11.5 Å². The van der Waals surface area contributed by atoms with Crippen molar-refractivity contribution in [2.24, 2.45) is 0 Å². The van der Waals surface area contributed by atoms with Crippen molar-refractivity contribution in [3.05, 3.63) is 75.2 Å². The van der Waals surface area contributed by atoms with Crippen molar-refractivity contribution >= 4 is 5.69 Å². The summed E-state index contributed by atoms with van der Waals surface area (Å²) in [6, 6.07) is 12.4. The molecule has 7 nitrogen and oxygen atoms in total. The summed E-state index contributed by atoms with van der Waals surface area (Å²) in [4.78, 5) is 12.5. The number of non-ortho nitro benzene ring substituents is 1. The van der Waals surface area contributed by atoms with E-state index in [0.29, 0.717) is 17.3 Å². The quantitative estimate of drug-likeness (QED) is 0.473. The summed E-state index contributed by atoms with van der Waals surface area (Å²) in [5.41, 5.74) is 4.44. The van der Waals surface area contributed by atoms with Crippen LogP contribution in [0.1, 0.15) is 35.5 Å². The van der Waals surface area contributed by atoms with Crippen LogP contribution in [0, 0.1) is 24.0 Å². The number of aromatic nitrogens is 2. The van der Waals surface area contributed by atoms with Gasteiger partial charge in [0.1, 0.15) is 0 Å². The fraction of sp³-hybridized carbons (Fsp3) is 0.300. The van der Waals surface area contributed by atoms with Gasteiger partial charge in [0, 0.05) is 24.2 Å². The first-order valence-electron chi connectivity index (χ1n) is 8.69. The molecule has 0 unspecified atom stereocenters. The van der Waals surface area contributed by atoms with Crippen LogP contribution < -0.4 is 0 Å². The molecule has 0 saturated heterocycles. The first-order valence-corrected chi connectivity index (χ1v) is 8.69. The zero-order valence-electron chi connectivity index (χ0n) is 15.8. The molecule has 1 heterocycles. The Morgan fingerprint density at radius 2 is 1.85 bits per heavy atom. The number of rotatable bonds is 6. The minimum atomic E-state index is -0.437. The fourth-order valence-corrected chi connectivity index (χ4v) is 2.86. The van der Waals surface area contributed by atoms with Crippen molar-refractivity contribution in [1.29, 1.82) is 0 Å². The molecule has 0 aliphatic rings. The van der Waals surface area contributed by atoms with E-state index in [2.05, 4.69) is 47.1 Å². The third-order valence-corrected chi connectivity index (χ3v) is 4.70. The van der Waals surface area contributed by atoms with Crippen LogP contribution in [0.4, 0.5) is 5.69 Å². The smallest absolute Gasteiger partial charge is 0.269 e. The molecule has 140 valence electrons. The normalized spacial score (nSPS) is 12.3. The van der Waals surface area contributed by atoms with Gasteiger partial charge in [-0.2, -0.15) is 0 Å².